The van der Waals surface area contributed by atoms with Crippen LogP contribution in [0.1, 0.15) is 6.92 Å². The Morgan fingerprint density at radius 1 is 1.12 bits per heavy atom. The van der Waals surface area contributed by atoms with E-state index < -0.39 is 6.10 Å². The Bertz CT molecular complexity index is 787. The second-order valence-corrected chi connectivity index (χ2v) is 6.13. The summed E-state index contributed by atoms with van der Waals surface area (Å²) >= 11 is 0. The highest BCUT2D eigenvalue weighted by Crippen LogP contribution is 2.33. The van der Waals surface area contributed by atoms with Gasteiger partial charge in [0, 0.05) is 32.4 Å². The first kappa shape index (κ1) is 16.8. The van der Waals surface area contributed by atoms with Crippen LogP contribution in [0.2, 0.25) is 0 Å². The maximum absolute atomic E-state index is 12.6. The van der Waals surface area contributed by atoms with Crippen molar-refractivity contribution in [2.24, 2.45) is 0 Å². The molecule has 0 radical (unpaired) electrons. The minimum Gasteiger partial charge on any atom is -0.476 e. The molecule has 0 saturated carbocycles. The van der Waals surface area contributed by atoms with Gasteiger partial charge in [0.25, 0.3) is 5.91 Å². The number of hydrogen-bond donors (Lipinski definition) is 1. The summed E-state index contributed by atoms with van der Waals surface area (Å²) in [7, 11) is 3.91. The third-order valence-corrected chi connectivity index (χ3v) is 4.10. The molecule has 1 unspecified atom stereocenters. The molecule has 1 heterocycles. The molecule has 0 fully saturated rings. The van der Waals surface area contributed by atoms with Crippen molar-refractivity contribution in [1.82, 2.24) is 0 Å². The molecular weight excluding hydrogens is 318 g/mol. The summed E-state index contributed by atoms with van der Waals surface area (Å²) in [5, 5.41) is 2.85. The summed E-state index contributed by atoms with van der Waals surface area (Å²) in [5.41, 5.74) is 2.42. The largest absolute Gasteiger partial charge is 0.476 e. The average Bonchev–Trinajstić information content (AvgIpc) is 2.61. The lowest BCUT2D eigenvalue weighted by molar-refractivity contribution is -0.123. The highest BCUT2D eigenvalue weighted by atomic mass is 16.5. The topological polar surface area (TPSA) is 61.9 Å². The third kappa shape index (κ3) is 3.57. The van der Waals surface area contributed by atoms with Crippen LogP contribution >= 0.6 is 0 Å². The second kappa shape index (κ2) is 6.84. The van der Waals surface area contributed by atoms with E-state index in [9.17, 15) is 9.59 Å². The van der Waals surface area contributed by atoms with Gasteiger partial charge in [0.1, 0.15) is 5.75 Å². The Morgan fingerprint density at radius 3 is 2.44 bits per heavy atom. The fourth-order valence-electron chi connectivity index (χ4n) is 2.73. The number of nitrogens with zero attached hydrogens (tertiary/aromatic N) is 2. The zero-order chi connectivity index (χ0) is 18.0. The molecule has 0 aromatic heterocycles. The Hall–Kier alpha value is -3.02. The van der Waals surface area contributed by atoms with E-state index in [0.717, 1.165) is 5.69 Å². The molecule has 2 aromatic rings. The lowest BCUT2D eigenvalue weighted by atomic mass is 10.1. The maximum Gasteiger partial charge on any atom is 0.267 e. The molecule has 3 rings (SSSR count). The van der Waals surface area contributed by atoms with Crippen molar-refractivity contribution in [3.8, 4) is 5.75 Å². The van der Waals surface area contributed by atoms with E-state index in [1.54, 1.807) is 11.0 Å². The standard InChI is InChI=1S/C19H21N3O3/c1-13(23)22-12-18(25-17-7-5-4-6-16(17)22)19(24)20-14-8-10-15(11-9-14)21(2)3/h4-11,18H,12H2,1-3H3,(H,20,24). The fourth-order valence-corrected chi connectivity index (χ4v) is 2.73. The minimum atomic E-state index is -0.757. The summed E-state index contributed by atoms with van der Waals surface area (Å²) in [6.45, 7) is 1.67. The molecule has 130 valence electrons. The number of hydrogen-bond acceptors (Lipinski definition) is 4. The van der Waals surface area contributed by atoms with Gasteiger partial charge >= 0.3 is 0 Å². The van der Waals surface area contributed by atoms with E-state index in [1.807, 2.05) is 61.5 Å². The van der Waals surface area contributed by atoms with Crippen molar-refractivity contribution in [2.45, 2.75) is 13.0 Å². The molecule has 1 aliphatic heterocycles. The Kier molecular flexibility index (Phi) is 4.61. The van der Waals surface area contributed by atoms with Gasteiger partial charge < -0.3 is 19.9 Å². The van der Waals surface area contributed by atoms with Gasteiger partial charge in [0.15, 0.2) is 6.10 Å². The molecule has 2 amide bonds. The quantitative estimate of drug-likeness (QED) is 0.933. The zero-order valence-corrected chi connectivity index (χ0v) is 14.5. The predicted octanol–water partition coefficient (Wildman–Crippen LogP) is 2.51. The molecule has 0 spiro atoms. The smallest absolute Gasteiger partial charge is 0.267 e. The van der Waals surface area contributed by atoms with Gasteiger partial charge in [-0.25, -0.2) is 0 Å². The molecule has 1 aliphatic rings. The van der Waals surface area contributed by atoms with Gasteiger partial charge in [0.05, 0.1) is 12.2 Å². The van der Waals surface area contributed by atoms with E-state index >= 15 is 0 Å². The zero-order valence-electron chi connectivity index (χ0n) is 14.5. The first-order valence-corrected chi connectivity index (χ1v) is 8.08. The number of carbonyl (C=O) groups excluding carboxylic acids is 2. The lowest BCUT2D eigenvalue weighted by Crippen LogP contribution is -2.48. The summed E-state index contributed by atoms with van der Waals surface area (Å²) in [5.74, 6) is 0.134. The van der Waals surface area contributed by atoms with E-state index in [0.29, 0.717) is 17.1 Å². The average molecular weight is 339 g/mol. The van der Waals surface area contributed by atoms with Gasteiger partial charge in [-0.2, -0.15) is 0 Å². The highest BCUT2D eigenvalue weighted by Gasteiger charge is 2.32. The van der Waals surface area contributed by atoms with E-state index in [4.69, 9.17) is 4.74 Å². The number of fused-ring (bicyclic) bond motifs is 1. The molecule has 6 nitrogen and oxygen atoms in total. The van der Waals surface area contributed by atoms with Gasteiger partial charge in [-0.05, 0) is 36.4 Å². The highest BCUT2D eigenvalue weighted by molar-refractivity contribution is 5.99. The van der Waals surface area contributed by atoms with Crippen molar-refractivity contribution in [3.05, 3.63) is 48.5 Å². The number of carbonyl (C=O) groups is 2. The summed E-state index contributed by atoms with van der Waals surface area (Å²) < 4.78 is 5.79. The van der Waals surface area contributed by atoms with Gasteiger partial charge in [-0.1, -0.05) is 12.1 Å². The van der Waals surface area contributed by atoms with Crippen LogP contribution in [-0.2, 0) is 9.59 Å². The van der Waals surface area contributed by atoms with Crippen LogP contribution in [0.15, 0.2) is 48.5 Å². The van der Waals surface area contributed by atoms with Crippen LogP contribution < -0.4 is 19.9 Å². The Morgan fingerprint density at radius 2 is 1.80 bits per heavy atom. The van der Waals surface area contributed by atoms with Crippen LogP contribution in [0.5, 0.6) is 5.75 Å². The van der Waals surface area contributed by atoms with Gasteiger partial charge in [-0.3, -0.25) is 9.59 Å². The van der Waals surface area contributed by atoms with Crippen LogP contribution in [0.25, 0.3) is 0 Å². The summed E-state index contributed by atoms with van der Waals surface area (Å²) in [4.78, 5) is 28.1. The van der Waals surface area contributed by atoms with Crippen LogP contribution in [0.4, 0.5) is 17.1 Å². The van der Waals surface area contributed by atoms with Crippen molar-refractivity contribution in [1.29, 1.82) is 0 Å². The van der Waals surface area contributed by atoms with Crippen molar-refractivity contribution in [3.63, 3.8) is 0 Å². The van der Waals surface area contributed by atoms with Crippen LogP contribution in [0.3, 0.4) is 0 Å². The number of anilines is 3. The number of benzene rings is 2. The number of nitrogens with one attached hydrogen (secondary N) is 1. The Balaban J connectivity index is 1.75. The van der Waals surface area contributed by atoms with E-state index in [-0.39, 0.29) is 18.4 Å². The molecule has 0 saturated heterocycles. The Labute approximate surface area is 147 Å². The second-order valence-electron chi connectivity index (χ2n) is 6.13. The first-order chi connectivity index (χ1) is 12.0. The van der Waals surface area contributed by atoms with E-state index in [1.165, 1.54) is 6.92 Å². The monoisotopic (exact) mass is 339 g/mol. The third-order valence-electron chi connectivity index (χ3n) is 4.10. The van der Waals surface area contributed by atoms with Gasteiger partial charge in [0.2, 0.25) is 5.91 Å². The molecule has 25 heavy (non-hydrogen) atoms. The number of rotatable bonds is 3. The lowest BCUT2D eigenvalue weighted by Gasteiger charge is -2.33. The van der Waals surface area contributed by atoms with Crippen molar-refractivity contribution >= 4 is 28.9 Å². The molecule has 0 aliphatic carbocycles. The molecule has 1 N–H and O–H groups in total. The molecule has 6 heteroatoms. The van der Waals surface area contributed by atoms with Crippen LogP contribution in [-0.4, -0.2) is 38.6 Å². The van der Waals surface area contributed by atoms with Crippen molar-refractivity contribution in [2.75, 3.05) is 35.8 Å². The molecule has 0 bridgehead atoms. The first-order valence-electron chi connectivity index (χ1n) is 8.08. The number of para-hydroxylation sites is 2. The SMILES string of the molecule is CC(=O)N1CC(C(=O)Nc2ccc(N(C)C)cc2)Oc2ccccc21. The maximum atomic E-state index is 12.6. The normalized spacial score (nSPS) is 15.8. The molecule has 1 atom stereocenters. The number of ether oxygens (including phenoxy) is 1. The van der Waals surface area contributed by atoms with Crippen LogP contribution in [0, 0.1) is 0 Å². The predicted molar refractivity (Wildman–Crippen MR) is 98.3 cm³/mol. The number of amides is 2. The van der Waals surface area contributed by atoms with Crippen molar-refractivity contribution < 1.29 is 14.3 Å². The van der Waals surface area contributed by atoms with Gasteiger partial charge in [-0.15, -0.1) is 0 Å². The minimum absolute atomic E-state index is 0.121. The fraction of sp³-hybridized carbons (Fsp3) is 0.263. The summed E-state index contributed by atoms with van der Waals surface area (Å²) in [6.07, 6.45) is -0.757. The molecular formula is C19H21N3O3. The summed E-state index contributed by atoms with van der Waals surface area (Å²) in [6, 6.07) is 14.8. The molecule has 2 aromatic carbocycles. The van der Waals surface area contributed by atoms with E-state index in [2.05, 4.69) is 5.32 Å².